The van der Waals surface area contributed by atoms with Crippen molar-refractivity contribution in [3.8, 4) is 0 Å². The summed E-state index contributed by atoms with van der Waals surface area (Å²) in [5.74, 6) is -0.0714. The van der Waals surface area contributed by atoms with Gasteiger partial charge in [0, 0.05) is 29.8 Å². The molecule has 2 aliphatic carbocycles. The molecule has 0 aromatic heterocycles. The predicted molar refractivity (Wildman–Crippen MR) is 118 cm³/mol. The van der Waals surface area contributed by atoms with Crippen LogP contribution in [0.3, 0.4) is 0 Å². The van der Waals surface area contributed by atoms with Gasteiger partial charge in [-0.3, -0.25) is 9.59 Å². The Bertz CT molecular complexity index is 854. The van der Waals surface area contributed by atoms with E-state index in [0.29, 0.717) is 24.1 Å². The van der Waals surface area contributed by atoms with Crippen LogP contribution in [0.25, 0.3) is 0 Å². The maximum absolute atomic E-state index is 13.3. The summed E-state index contributed by atoms with van der Waals surface area (Å²) >= 11 is 0. The Hall–Kier alpha value is -2.40. The van der Waals surface area contributed by atoms with Crippen molar-refractivity contribution in [3.05, 3.63) is 59.3 Å². The van der Waals surface area contributed by atoms with Crippen molar-refractivity contribution in [2.45, 2.75) is 45.6 Å². The van der Waals surface area contributed by atoms with Gasteiger partial charge in [0.15, 0.2) is 0 Å². The van der Waals surface area contributed by atoms with E-state index in [1.54, 1.807) is 0 Å². The molecule has 1 saturated carbocycles. The van der Waals surface area contributed by atoms with E-state index in [4.69, 9.17) is 5.73 Å². The van der Waals surface area contributed by atoms with Crippen LogP contribution in [0, 0.1) is 17.8 Å². The van der Waals surface area contributed by atoms with Crippen LogP contribution >= 0.6 is 0 Å². The zero-order valence-electron chi connectivity index (χ0n) is 18.1. The lowest BCUT2D eigenvalue weighted by Crippen LogP contribution is -2.46. The zero-order chi connectivity index (χ0) is 21.3. The van der Waals surface area contributed by atoms with Crippen LogP contribution in [0.1, 0.15) is 49.9 Å². The van der Waals surface area contributed by atoms with Gasteiger partial charge in [0.25, 0.3) is 5.91 Å². The first-order valence-electron chi connectivity index (χ1n) is 11.4. The van der Waals surface area contributed by atoms with E-state index in [9.17, 15) is 9.59 Å². The van der Waals surface area contributed by atoms with E-state index < -0.39 is 0 Å². The third kappa shape index (κ3) is 3.71. The number of benzene rings is 1. The molecular weight excluding hydrogens is 374 g/mol. The van der Waals surface area contributed by atoms with Gasteiger partial charge >= 0.3 is 0 Å². The topological polar surface area (TPSA) is 66.6 Å². The first-order chi connectivity index (χ1) is 14.5. The van der Waals surface area contributed by atoms with E-state index in [1.807, 2.05) is 47.4 Å². The Labute approximate surface area is 179 Å². The highest BCUT2D eigenvalue weighted by Crippen LogP contribution is 2.49. The molecular formula is C25H33N3O2. The third-order valence-electron chi connectivity index (χ3n) is 6.94. The first-order valence-corrected chi connectivity index (χ1v) is 11.4. The molecule has 0 bridgehead atoms. The zero-order valence-corrected chi connectivity index (χ0v) is 18.1. The van der Waals surface area contributed by atoms with Crippen LogP contribution in [0.2, 0.25) is 0 Å². The molecule has 5 heteroatoms. The average Bonchev–Trinajstić information content (AvgIpc) is 3.13. The van der Waals surface area contributed by atoms with Crippen LogP contribution in [-0.4, -0.2) is 47.3 Å². The Balaban J connectivity index is 1.66. The van der Waals surface area contributed by atoms with Crippen molar-refractivity contribution in [1.82, 2.24) is 9.80 Å². The van der Waals surface area contributed by atoms with Crippen molar-refractivity contribution in [2.75, 3.05) is 19.6 Å². The van der Waals surface area contributed by atoms with Gasteiger partial charge in [0.1, 0.15) is 0 Å². The van der Waals surface area contributed by atoms with Crippen molar-refractivity contribution in [3.63, 3.8) is 0 Å². The van der Waals surface area contributed by atoms with Gasteiger partial charge in [-0.25, -0.2) is 0 Å². The van der Waals surface area contributed by atoms with E-state index in [-0.39, 0.29) is 23.7 Å². The summed E-state index contributed by atoms with van der Waals surface area (Å²) < 4.78 is 0. The molecule has 2 amide bonds. The second-order valence-electron chi connectivity index (χ2n) is 8.87. The second-order valence-corrected chi connectivity index (χ2v) is 8.87. The molecule has 30 heavy (non-hydrogen) atoms. The quantitative estimate of drug-likeness (QED) is 0.751. The van der Waals surface area contributed by atoms with Crippen molar-refractivity contribution < 1.29 is 9.59 Å². The number of nitrogens with zero attached hydrogens (tertiary/aromatic N) is 2. The number of allylic oxidation sites excluding steroid dienone is 1. The lowest BCUT2D eigenvalue weighted by molar-refractivity contribution is -0.122. The maximum Gasteiger partial charge on any atom is 0.258 e. The van der Waals surface area contributed by atoms with Crippen LogP contribution < -0.4 is 5.73 Å². The number of carbonyl (C=O) groups is 2. The molecule has 4 rings (SSSR count). The largest absolute Gasteiger partial charge is 0.369 e. The van der Waals surface area contributed by atoms with Gasteiger partial charge in [0.05, 0.1) is 5.92 Å². The highest BCUT2D eigenvalue weighted by molar-refractivity contribution is 5.96. The molecule has 0 saturated heterocycles. The number of rotatable bonds is 7. The molecule has 0 spiro atoms. The predicted octanol–water partition coefficient (Wildman–Crippen LogP) is 3.58. The monoisotopic (exact) mass is 407 g/mol. The van der Waals surface area contributed by atoms with Crippen molar-refractivity contribution in [1.29, 1.82) is 0 Å². The van der Waals surface area contributed by atoms with Gasteiger partial charge in [-0.2, -0.15) is 0 Å². The molecule has 1 aromatic rings. The first kappa shape index (κ1) is 20.9. The number of primary amides is 1. The number of hydrogen-bond donors (Lipinski definition) is 1. The molecule has 5 nitrogen and oxygen atoms in total. The summed E-state index contributed by atoms with van der Waals surface area (Å²) in [5.41, 5.74) is 8.81. The summed E-state index contributed by atoms with van der Waals surface area (Å²) in [4.78, 5) is 30.1. The average molecular weight is 408 g/mol. The summed E-state index contributed by atoms with van der Waals surface area (Å²) in [5, 5.41) is 0. The highest BCUT2D eigenvalue weighted by atomic mass is 16.2. The molecule has 1 aromatic carbocycles. The SMILES string of the molecule is CCCN(CCC)C1CC2CN(C(=O)c3ccccc3)C3=C2C(C1)C(C(N)=O)C=C3. The van der Waals surface area contributed by atoms with E-state index in [0.717, 1.165) is 44.5 Å². The van der Waals surface area contributed by atoms with Gasteiger partial charge < -0.3 is 15.5 Å². The minimum Gasteiger partial charge on any atom is -0.369 e. The molecule has 1 aliphatic heterocycles. The van der Waals surface area contributed by atoms with Crippen LogP contribution in [0.15, 0.2) is 53.8 Å². The van der Waals surface area contributed by atoms with E-state index in [1.165, 1.54) is 5.57 Å². The third-order valence-corrected chi connectivity index (χ3v) is 6.94. The Morgan fingerprint density at radius 1 is 1.10 bits per heavy atom. The van der Waals surface area contributed by atoms with Gasteiger partial charge in [-0.15, -0.1) is 0 Å². The molecule has 4 atom stereocenters. The van der Waals surface area contributed by atoms with Crippen LogP contribution in [0.4, 0.5) is 0 Å². The Morgan fingerprint density at radius 2 is 1.80 bits per heavy atom. The molecule has 1 heterocycles. The summed E-state index contributed by atoms with van der Waals surface area (Å²) in [6.45, 7) is 7.30. The second kappa shape index (κ2) is 8.76. The molecule has 1 fully saturated rings. The normalized spacial score (nSPS) is 27.5. The lowest BCUT2D eigenvalue weighted by atomic mass is 9.67. The molecule has 2 N–H and O–H groups in total. The number of amides is 2. The molecule has 0 radical (unpaired) electrons. The summed E-state index contributed by atoms with van der Waals surface area (Å²) in [6.07, 6.45) is 8.15. The smallest absolute Gasteiger partial charge is 0.258 e. The maximum atomic E-state index is 13.3. The van der Waals surface area contributed by atoms with Crippen molar-refractivity contribution >= 4 is 11.8 Å². The summed E-state index contributed by atoms with van der Waals surface area (Å²) in [7, 11) is 0. The van der Waals surface area contributed by atoms with Gasteiger partial charge in [0.2, 0.25) is 5.91 Å². The van der Waals surface area contributed by atoms with Crippen molar-refractivity contribution in [2.24, 2.45) is 23.5 Å². The van der Waals surface area contributed by atoms with E-state index in [2.05, 4.69) is 18.7 Å². The van der Waals surface area contributed by atoms with E-state index >= 15 is 0 Å². The fourth-order valence-corrected chi connectivity index (χ4v) is 5.75. The fraction of sp³-hybridized carbons (Fsp3) is 0.520. The minimum absolute atomic E-state index is 0.0453. The number of carbonyl (C=O) groups excluding carboxylic acids is 2. The highest BCUT2D eigenvalue weighted by Gasteiger charge is 2.48. The lowest BCUT2D eigenvalue weighted by Gasteiger charge is -2.43. The molecule has 160 valence electrons. The van der Waals surface area contributed by atoms with Gasteiger partial charge in [-0.1, -0.05) is 38.1 Å². The summed E-state index contributed by atoms with van der Waals surface area (Å²) in [6, 6.07) is 9.92. The number of nitrogens with two attached hydrogens (primary N) is 1. The molecule has 3 aliphatic rings. The standard InChI is InChI=1S/C25H33N3O2/c1-3-12-27(13-4-2)19-14-18-16-28(25(30)17-8-6-5-7-9-17)22-11-10-20(24(26)29)21(15-19)23(18)22/h5-11,18-21H,3-4,12-16H2,1-2H3,(H2,26,29). The van der Waals surface area contributed by atoms with Gasteiger partial charge in [-0.05, 0) is 68.5 Å². The van der Waals surface area contributed by atoms with Crippen LogP contribution in [0.5, 0.6) is 0 Å². The number of hydrogen-bond acceptors (Lipinski definition) is 3. The molecule has 4 unspecified atom stereocenters. The Kier molecular flexibility index (Phi) is 6.09. The fourth-order valence-electron chi connectivity index (χ4n) is 5.75. The Morgan fingerprint density at radius 3 is 2.43 bits per heavy atom. The minimum atomic E-state index is -0.272. The van der Waals surface area contributed by atoms with Crippen LogP contribution in [-0.2, 0) is 4.79 Å².